The first-order valence-electron chi connectivity index (χ1n) is 12.2. The van der Waals surface area contributed by atoms with E-state index in [1.807, 2.05) is 0 Å². The van der Waals surface area contributed by atoms with Crippen molar-refractivity contribution in [1.29, 1.82) is 0 Å². The van der Waals surface area contributed by atoms with Gasteiger partial charge in [-0.25, -0.2) is 0 Å². The van der Waals surface area contributed by atoms with Crippen LogP contribution >= 0.6 is 0 Å². The maximum atomic E-state index is 8.73. The van der Waals surface area contributed by atoms with Gasteiger partial charge in [-0.15, -0.1) is 0 Å². The van der Waals surface area contributed by atoms with Gasteiger partial charge in [0.25, 0.3) is 0 Å². The Balaban J connectivity index is 2.95. The van der Waals surface area contributed by atoms with E-state index in [1.54, 1.807) is 0 Å². The van der Waals surface area contributed by atoms with Crippen LogP contribution in [0.4, 0.5) is 0 Å². The summed E-state index contributed by atoms with van der Waals surface area (Å²) in [5, 5.41) is 12.3. The van der Waals surface area contributed by atoms with Crippen LogP contribution < -0.4 is 5.32 Å². The van der Waals surface area contributed by atoms with E-state index in [0.717, 1.165) is 6.42 Å². The molecule has 0 atom stereocenters. The van der Waals surface area contributed by atoms with E-state index in [-0.39, 0.29) is 0 Å². The minimum absolute atomic E-state index is 0.371. The number of nitrogens with one attached hydrogen (secondary N) is 1. The molecule has 0 aromatic heterocycles. The highest BCUT2D eigenvalue weighted by atomic mass is 16.2. The van der Waals surface area contributed by atoms with Crippen LogP contribution in [0, 0.1) is 0 Å². The number of rotatable bonds is 23. The molecule has 0 saturated heterocycles. The fourth-order valence-corrected chi connectivity index (χ4v) is 3.64. The van der Waals surface area contributed by atoms with Crippen molar-refractivity contribution in [2.75, 3.05) is 19.7 Å². The number of unbranched alkanes of at least 4 members (excludes halogenated alkanes) is 18. The van der Waals surface area contributed by atoms with E-state index >= 15 is 0 Å². The molecule has 0 rings (SSSR count). The molecule has 0 aliphatic rings. The Morgan fingerprint density at radius 3 is 1.08 bits per heavy atom. The normalized spacial score (nSPS) is 11.3. The Kier molecular flexibility index (Phi) is 24.8. The van der Waals surface area contributed by atoms with Crippen LogP contribution in [0.3, 0.4) is 0 Å². The molecule has 158 valence electrons. The summed E-state index contributed by atoms with van der Waals surface area (Å²) in [5.41, 5.74) is 0. The van der Waals surface area contributed by atoms with Crippen molar-refractivity contribution in [3.63, 3.8) is 0 Å². The van der Waals surface area contributed by atoms with Crippen LogP contribution in [0.1, 0.15) is 135 Å². The first-order chi connectivity index (χ1) is 12.9. The van der Waals surface area contributed by atoms with Gasteiger partial charge in [0.15, 0.2) is 0 Å². The van der Waals surface area contributed by atoms with Crippen molar-refractivity contribution >= 4 is 0 Å². The predicted molar refractivity (Wildman–Crippen MR) is 118 cm³/mol. The molecule has 0 fully saturated rings. The van der Waals surface area contributed by atoms with Gasteiger partial charge in [0.1, 0.15) is 0 Å². The van der Waals surface area contributed by atoms with Crippen molar-refractivity contribution in [2.45, 2.75) is 135 Å². The molecule has 0 unspecified atom stereocenters. The predicted octanol–water partition coefficient (Wildman–Crippen LogP) is 7.39. The van der Waals surface area contributed by atoms with Gasteiger partial charge >= 0.3 is 0 Å². The highest BCUT2D eigenvalue weighted by molar-refractivity contribution is 4.52. The molecular weight excluding hydrogens is 318 g/mol. The number of hydrogen-bond acceptors (Lipinski definition) is 2. The lowest BCUT2D eigenvalue weighted by atomic mass is 10.0. The van der Waals surface area contributed by atoms with E-state index in [1.165, 1.54) is 135 Å². The van der Waals surface area contributed by atoms with Crippen LogP contribution in [0.5, 0.6) is 0 Å². The Hall–Kier alpha value is -0.0800. The Morgan fingerprint density at radius 1 is 0.423 bits per heavy atom. The lowest BCUT2D eigenvalue weighted by molar-refractivity contribution is 0.282. The standard InChI is InChI=1S/C24H51NO/c1-2-3-4-19-22-25-23-20-17-15-13-11-9-7-5-6-8-10-12-14-16-18-21-24-26/h25-26H,2-24H2,1H3. The summed E-state index contributed by atoms with van der Waals surface area (Å²) in [4.78, 5) is 0. The lowest BCUT2D eigenvalue weighted by Gasteiger charge is -2.05. The molecular formula is C24H51NO. The molecule has 0 saturated carbocycles. The maximum absolute atomic E-state index is 8.73. The third-order valence-corrected chi connectivity index (χ3v) is 5.47. The molecule has 0 aliphatic heterocycles. The molecule has 0 bridgehead atoms. The highest BCUT2D eigenvalue weighted by Gasteiger charge is 1.95. The fourth-order valence-electron chi connectivity index (χ4n) is 3.64. The van der Waals surface area contributed by atoms with Crippen LogP contribution in [0.25, 0.3) is 0 Å². The van der Waals surface area contributed by atoms with E-state index < -0.39 is 0 Å². The quantitative estimate of drug-likeness (QED) is 0.184. The van der Waals surface area contributed by atoms with E-state index in [4.69, 9.17) is 5.11 Å². The van der Waals surface area contributed by atoms with E-state index in [2.05, 4.69) is 12.2 Å². The summed E-state index contributed by atoms with van der Waals surface area (Å²) in [6.07, 6.45) is 27.6. The van der Waals surface area contributed by atoms with Crippen molar-refractivity contribution in [2.24, 2.45) is 0 Å². The fraction of sp³-hybridized carbons (Fsp3) is 1.00. The third kappa shape index (κ3) is 23.9. The van der Waals surface area contributed by atoms with Crippen LogP contribution in [0.2, 0.25) is 0 Å². The molecule has 0 amide bonds. The van der Waals surface area contributed by atoms with Crippen molar-refractivity contribution < 1.29 is 5.11 Å². The molecule has 2 heteroatoms. The van der Waals surface area contributed by atoms with Crippen LogP contribution in [-0.4, -0.2) is 24.8 Å². The van der Waals surface area contributed by atoms with Gasteiger partial charge in [-0.2, -0.15) is 0 Å². The van der Waals surface area contributed by atoms with Gasteiger partial charge < -0.3 is 10.4 Å². The third-order valence-electron chi connectivity index (χ3n) is 5.47. The average Bonchev–Trinajstić information content (AvgIpc) is 2.66. The molecule has 2 N–H and O–H groups in total. The zero-order valence-corrected chi connectivity index (χ0v) is 18.2. The molecule has 26 heavy (non-hydrogen) atoms. The largest absolute Gasteiger partial charge is 0.396 e. The lowest BCUT2D eigenvalue weighted by Crippen LogP contribution is -2.16. The first kappa shape index (κ1) is 25.9. The number of aliphatic hydroxyl groups excluding tert-OH is 1. The summed E-state index contributed by atoms with van der Waals surface area (Å²) in [6, 6.07) is 0. The topological polar surface area (TPSA) is 32.3 Å². The summed E-state index contributed by atoms with van der Waals surface area (Å²) >= 11 is 0. The monoisotopic (exact) mass is 369 g/mol. The molecule has 0 radical (unpaired) electrons. The van der Waals surface area contributed by atoms with Crippen molar-refractivity contribution in [3.05, 3.63) is 0 Å². The van der Waals surface area contributed by atoms with Crippen molar-refractivity contribution in [3.8, 4) is 0 Å². The van der Waals surface area contributed by atoms with Gasteiger partial charge in [0, 0.05) is 6.61 Å². The van der Waals surface area contributed by atoms with Gasteiger partial charge in [-0.1, -0.05) is 116 Å². The van der Waals surface area contributed by atoms with Gasteiger partial charge in [0.05, 0.1) is 0 Å². The van der Waals surface area contributed by atoms with Crippen LogP contribution in [-0.2, 0) is 0 Å². The van der Waals surface area contributed by atoms with Gasteiger partial charge in [-0.05, 0) is 32.4 Å². The molecule has 0 aromatic rings. The maximum Gasteiger partial charge on any atom is 0.0431 e. The zero-order chi connectivity index (χ0) is 19.0. The summed E-state index contributed by atoms with van der Waals surface area (Å²) < 4.78 is 0. The molecule has 0 aromatic carbocycles. The minimum atomic E-state index is 0.371. The SMILES string of the molecule is CCCCCCNCCCCCCCCCCCCCCCCCCO. The number of aliphatic hydroxyl groups is 1. The zero-order valence-electron chi connectivity index (χ0n) is 18.2. The average molecular weight is 370 g/mol. The number of hydrogen-bond donors (Lipinski definition) is 2. The van der Waals surface area contributed by atoms with Crippen LogP contribution in [0.15, 0.2) is 0 Å². The molecule has 0 aliphatic carbocycles. The second-order valence-electron chi connectivity index (χ2n) is 8.19. The summed E-state index contributed by atoms with van der Waals surface area (Å²) in [6.45, 7) is 5.10. The van der Waals surface area contributed by atoms with E-state index in [0.29, 0.717) is 6.61 Å². The first-order valence-corrected chi connectivity index (χ1v) is 12.2. The van der Waals surface area contributed by atoms with Gasteiger partial charge in [-0.3, -0.25) is 0 Å². The Bertz CT molecular complexity index is 208. The molecule has 0 heterocycles. The van der Waals surface area contributed by atoms with Gasteiger partial charge in [0.2, 0.25) is 0 Å². The second-order valence-corrected chi connectivity index (χ2v) is 8.19. The summed E-state index contributed by atoms with van der Waals surface area (Å²) in [7, 11) is 0. The Morgan fingerprint density at radius 2 is 0.731 bits per heavy atom. The minimum Gasteiger partial charge on any atom is -0.396 e. The van der Waals surface area contributed by atoms with E-state index in [9.17, 15) is 0 Å². The highest BCUT2D eigenvalue weighted by Crippen LogP contribution is 2.13. The van der Waals surface area contributed by atoms with Crippen molar-refractivity contribution in [1.82, 2.24) is 5.32 Å². The molecule has 0 spiro atoms. The molecule has 2 nitrogen and oxygen atoms in total. The summed E-state index contributed by atoms with van der Waals surface area (Å²) in [5.74, 6) is 0. The second kappa shape index (κ2) is 24.9. The Labute approximate surface area is 165 Å². The smallest absolute Gasteiger partial charge is 0.0431 e.